The van der Waals surface area contributed by atoms with Crippen LogP contribution in [0, 0.1) is 12.7 Å². The first kappa shape index (κ1) is 20.6. The van der Waals surface area contributed by atoms with Crippen LogP contribution in [0.3, 0.4) is 0 Å². The lowest BCUT2D eigenvalue weighted by Crippen LogP contribution is -2.05. The van der Waals surface area contributed by atoms with Crippen molar-refractivity contribution in [3.05, 3.63) is 104 Å². The van der Waals surface area contributed by atoms with Crippen LogP contribution >= 0.6 is 34.8 Å². The maximum Gasteiger partial charge on any atom is 0.213 e. The van der Waals surface area contributed by atoms with E-state index in [1.807, 2.05) is 19.1 Å². The molecule has 0 unspecified atom stereocenters. The third kappa shape index (κ3) is 3.86. The fourth-order valence-corrected chi connectivity index (χ4v) is 3.84. The normalized spacial score (nSPS) is 11.0. The Balaban J connectivity index is 1.94. The van der Waals surface area contributed by atoms with Gasteiger partial charge in [0.2, 0.25) is 5.78 Å². The number of ketones is 1. The predicted octanol–water partition coefficient (Wildman–Crippen LogP) is 7.18. The molecule has 30 heavy (non-hydrogen) atoms. The van der Waals surface area contributed by atoms with Crippen LogP contribution in [0.15, 0.2) is 66.7 Å². The summed E-state index contributed by atoms with van der Waals surface area (Å²) in [6, 6.07) is 17.6. The van der Waals surface area contributed by atoms with Crippen LogP contribution in [0.2, 0.25) is 15.1 Å². The fraction of sp³-hybridized carbons (Fsp3) is 0.0435. The number of carbonyl (C=O) groups excluding carboxylic acids is 1. The molecule has 150 valence electrons. The first-order chi connectivity index (χ1) is 14.3. The number of rotatable bonds is 4. The largest absolute Gasteiger partial charge is 0.287 e. The second kappa shape index (κ2) is 8.23. The van der Waals surface area contributed by atoms with Gasteiger partial charge in [-0.1, -0.05) is 46.9 Å². The van der Waals surface area contributed by atoms with Gasteiger partial charge in [0, 0.05) is 26.7 Å². The Bertz CT molecular complexity index is 1250. The minimum Gasteiger partial charge on any atom is -0.287 e. The number of nitrogens with zero attached hydrogens (tertiary/aromatic N) is 2. The van der Waals surface area contributed by atoms with E-state index in [-0.39, 0.29) is 11.5 Å². The van der Waals surface area contributed by atoms with Crippen molar-refractivity contribution in [1.82, 2.24) is 9.78 Å². The third-order valence-electron chi connectivity index (χ3n) is 4.70. The number of hydrogen-bond acceptors (Lipinski definition) is 2. The van der Waals surface area contributed by atoms with Crippen molar-refractivity contribution in [3.8, 4) is 16.9 Å². The Morgan fingerprint density at radius 1 is 0.900 bits per heavy atom. The predicted molar refractivity (Wildman–Crippen MR) is 119 cm³/mol. The van der Waals surface area contributed by atoms with Gasteiger partial charge in [-0.15, -0.1) is 0 Å². The van der Waals surface area contributed by atoms with Crippen molar-refractivity contribution in [2.45, 2.75) is 6.92 Å². The molecule has 0 amide bonds. The quantitative estimate of drug-likeness (QED) is 0.303. The van der Waals surface area contributed by atoms with Crippen LogP contribution in [-0.2, 0) is 0 Å². The molecule has 4 rings (SSSR count). The lowest BCUT2D eigenvalue weighted by Gasteiger charge is -2.11. The van der Waals surface area contributed by atoms with Crippen LogP contribution in [-0.4, -0.2) is 15.6 Å². The molecule has 0 aliphatic rings. The molecule has 0 N–H and O–H groups in total. The summed E-state index contributed by atoms with van der Waals surface area (Å²) in [4.78, 5) is 13.1. The molecule has 0 radical (unpaired) electrons. The highest BCUT2D eigenvalue weighted by Crippen LogP contribution is 2.33. The van der Waals surface area contributed by atoms with Gasteiger partial charge < -0.3 is 0 Å². The summed E-state index contributed by atoms with van der Waals surface area (Å²) in [6.45, 7) is 1.81. The second-order valence-corrected chi connectivity index (χ2v) is 7.95. The zero-order valence-corrected chi connectivity index (χ0v) is 17.9. The average Bonchev–Trinajstić information content (AvgIpc) is 3.05. The van der Waals surface area contributed by atoms with Crippen molar-refractivity contribution < 1.29 is 9.18 Å². The summed E-state index contributed by atoms with van der Waals surface area (Å²) >= 11 is 18.5. The van der Waals surface area contributed by atoms with Crippen LogP contribution in [0.25, 0.3) is 16.9 Å². The van der Waals surface area contributed by atoms with Crippen LogP contribution in [0.4, 0.5) is 4.39 Å². The SMILES string of the molecule is Cc1c(C(=O)c2ccc(F)cc2)nn(-c2ccc(Cl)cc2Cl)c1-c1ccc(Cl)cc1. The van der Waals surface area contributed by atoms with Crippen molar-refractivity contribution in [2.75, 3.05) is 0 Å². The van der Waals surface area contributed by atoms with Gasteiger partial charge in [0.05, 0.1) is 16.4 Å². The smallest absolute Gasteiger partial charge is 0.213 e. The number of hydrogen-bond donors (Lipinski definition) is 0. The van der Waals surface area contributed by atoms with Gasteiger partial charge in [-0.25, -0.2) is 9.07 Å². The molecule has 0 aliphatic carbocycles. The van der Waals surface area contributed by atoms with Crippen molar-refractivity contribution >= 4 is 40.6 Å². The minimum atomic E-state index is -0.413. The van der Waals surface area contributed by atoms with Crippen LogP contribution < -0.4 is 0 Å². The molecule has 7 heteroatoms. The molecule has 3 nitrogen and oxygen atoms in total. The summed E-state index contributed by atoms with van der Waals surface area (Å²) in [5, 5.41) is 6.05. The molecule has 0 saturated carbocycles. The van der Waals surface area contributed by atoms with E-state index in [1.165, 1.54) is 24.3 Å². The molecule has 1 aromatic heterocycles. The van der Waals surface area contributed by atoms with Gasteiger partial charge in [0.15, 0.2) is 0 Å². The molecule has 0 fully saturated rings. The van der Waals surface area contributed by atoms with Gasteiger partial charge >= 0.3 is 0 Å². The third-order valence-corrected chi connectivity index (χ3v) is 5.49. The highest BCUT2D eigenvalue weighted by Gasteiger charge is 2.24. The summed E-state index contributed by atoms with van der Waals surface area (Å²) < 4.78 is 14.9. The zero-order chi connectivity index (χ0) is 21.4. The van der Waals surface area contributed by atoms with Crippen molar-refractivity contribution in [3.63, 3.8) is 0 Å². The van der Waals surface area contributed by atoms with E-state index in [4.69, 9.17) is 34.8 Å². The average molecular weight is 460 g/mol. The first-order valence-electron chi connectivity index (χ1n) is 8.96. The second-order valence-electron chi connectivity index (χ2n) is 6.67. The number of benzene rings is 3. The topological polar surface area (TPSA) is 34.9 Å². The monoisotopic (exact) mass is 458 g/mol. The highest BCUT2D eigenvalue weighted by molar-refractivity contribution is 6.35. The van der Waals surface area contributed by atoms with Gasteiger partial charge in [0.25, 0.3) is 0 Å². The lowest BCUT2D eigenvalue weighted by atomic mass is 10.0. The molecule has 0 bridgehead atoms. The van der Waals surface area contributed by atoms with Gasteiger partial charge in [-0.3, -0.25) is 4.79 Å². The van der Waals surface area contributed by atoms with Gasteiger partial charge in [-0.05, 0) is 61.5 Å². The molecule has 0 saturated heterocycles. The molecule has 0 atom stereocenters. The lowest BCUT2D eigenvalue weighted by molar-refractivity contribution is 0.103. The van der Waals surface area contributed by atoms with E-state index in [9.17, 15) is 9.18 Å². The molecular weight excluding hydrogens is 446 g/mol. The Kier molecular flexibility index (Phi) is 5.65. The Hall–Kier alpha value is -2.66. The van der Waals surface area contributed by atoms with E-state index >= 15 is 0 Å². The molecule has 3 aromatic carbocycles. The summed E-state index contributed by atoms with van der Waals surface area (Å²) in [7, 11) is 0. The van der Waals surface area contributed by atoms with E-state index in [2.05, 4.69) is 5.10 Å². The van der Waals surface area contributed by atoms with Crippen molar-refractivity contribution in [2.24, 2.45) is 0 Å². The van der Waals surface area contributed by atoms with E-state index in [0.717, 1.165) is 5.56 Å². The Morgan fingerprint density at radius 2 is 1.53 bits per heavy atom. The highest BCUT2D eigenvalue weighted by atomic mass is 35.5. The maximum atomic E-state index is 13.3. The standard InChI is InChI=1S/C23H14Cl3FN2O/c1-13-21(23(30)15-4-9-18(27)10-5-15)28-29(20-11-8-17(25)12-19(20)26)22(13)14-2-6-16(24)7-3-14/h2-12H,1H3. The molecule has 4 aromatic rings. The first-order valence-corrected chi connectivity index (χ1v) is 10.1. The maximum absolute atomic E-state index is 13.3. The van der Waals surface area contributed by atoms with E-state index in [1.54, 1.807) is 35.0 Å². The van der Waals surface area contributed by atoms with E-state index in [0.29, 0.717) is 37.6 Å². The fourth-order valence-electron chi connectivity index (χ4n) is 3.22. The Morgan fingerprint density at radius 3 is 2.17 bits per heavy atom. The summed E-state index contributed by atoms with van der Waals surface area (Å²) in [5.41, 5.74) is 3.34. The van der Waals surface area contributed by atoms with Crippen LogP contribution in [0.5, 0.6) is 0 Å². The van der Waals surface area contributed by atoms with Gasteiger partial charge in [-0.2, -0.15) is 5.10 Å². The summed E-state index contributed by atoms with van der Waals surface area (Å²) in [5.74, 6) is -0.727. The molecule has 1 heterocycles. The number of aromatic nitrogens is 2. The van der Waals surface area contributed by atoms with Crippen molar-refractivity contribution in [1.29, 1.82) is 0 Å². The van der Waals surface area contributed by atoms with Crippen LogP contribution in [0.1, 0.15) is 21.6 Å². The molecule has 0 spiro atoms. The minimum absolute atomic E-state index is 0.248. The van der Waals surface area contributed by atoms with E-state index < -0.39 is 5.82 Å². The Labute approximate surface area is 187 Å². The summed E-state index contributed by atoms with van der Waals surface area (Å²) in [6.07, 6.45) is 0. The molecule has 0 aliphatic heterocycles. The molecular formula is C23H14Cl3FN2O. The number of carbonyl (C=O) groups is 1. The van der Waals surface area contributed by atoms with Gasteiger partial charge in [0.1, 0.15) is 11.5 Å². The number of halogens is 4. The zero-order valence-electron chi connectivity index (χ0n) is 15.7.